The minimum atomic E-state index is -0.624. The van der Waals surface area contributed by atoms with Crippen molar-refractivity contribution in [3.63, 3.8) is 0 Å². The van der Waals surface area contributed by atoms with Crippen LogP contribution in [0.25, 0.3) is 0 Å². The number of nitrogens with one attached hydrogen (secondary N) is 1. The Morgan fingerprint density at radius 3 is 2.62 bits per heavy atom. The minimum Gasteiger partial charge on any atom is -0.496 e. The predicted molar refractivity (Wildman–Crippen MR) is 127 cm³/mol. The topological polar surface area (TPSA) is 88.1 Å². The van der Waals surface area contributed by atoms with E-state index in [0.717, 1.165) is 25.8 Å². The summed E-state index contributed by atoms with van der Waals surface area (Å²) in [6, 6.07) is 13.5. The molecule has 180 valence electrons. The van der Waals surface area contributed by atoms with Gasteiger partial charge < -0.3 is 24.8 Å². The molecule has 2 fully saturated rings. The van der Waals surface area contributed by atoms with Crippen LogP contribution in [0.15, 0.2) is 42.5 Å². The van der Waals surface area contributed by atoms with Crippen LogP contribution in [0.4, 0.5) is 0 Å². The van der Waals surface area contributed by atoms with Crippen LogP contribution in [-0.2, 0) is 17.7 Å². The SMILES string of the molecule is COc1cc(C(=O)N2C3CCC2COC3)ccc1C(=O)CC[C@@H](O)[C@@H]1Cc2ccccc2CN1. The Kier molecular flexibility index (Phi) is 6.68. The maximum Gasteiger partial charge on any atom is 0.254 e. The van der Waals surface area contributed by atoms with Gasteiger partial charge in [0, 0.05) is 24.6 Å². The van der Waals surface area contributed by atoms with Gasteiger partial charge in [-0.2, -0.15) is 0 Å². The zero-order chi connectivity index (χ0) is 23.7. The molecule has 2 aromatic carbocycles. The number of benzene rings is 2. The lowest BCUT2D eigenvalue weighted by Crippen LogP contribution is -2.49. The summed E-state index contributed by atoms with van der Waals surface area (Å²) < 4.78 is 11.1. The highest BCUT2D eigenvalue weighted by Crippen LogP contribution is 2.32. The van der Waals surface area contributed by atoms with E-state index in [1.807, 2.05) is 17.0 Å². The van der Waals surface area contributed by atoms with Gasteiger partial charge in [0.2, 0.25) is 0 Å². The molecular formula is C27H32N2O5. The van der Waals surface area contributed by atoms with Crippen molar-refractivity contribution < 1.29 is 24.2 Å². The molecule has 2 aromatic rings. The van der Waals surface area contributed by atoms with Crippen molar-refractivity contribution in [3.05, 3.63) is 64.7 Å². The third kappa shape index (κ3) is 4.48. The maximum atomic E-state index is 13.2. The Morgan fingerprint density at radius 2 is 1.88 bits per heavy atom. The number of carbonyl (C=O) groups excluding carboxylic acids is 2. The fraction of sp³-hybridized carbons (Fsp3) is 0.481. The molecule has 2 bridgehead atoms. The van der Waals surface area contributed by atoms with Crippen molar-refractivity contribution >= 4 is 11.7 Å². The summed E-state index contributed by atoms with van der Waals surface area (Å²) in [6.45, 7) is 1.89. The van der Waals surface area contributed by atoms with E-state index in [1.165, 1.54) is 18.2 Å². The molecule has 3 heterocycles. The van der Waals surface area contributed by atoms with Gasteiger partial charge in [0.05, 0.1) is 44.1 Å². The number of ether oxygens (including phenoxy) is 2. The van der Waals surface area contributed by atoms with Gasteiger partial charge in [-0.3, -0.25) is 9.59 Å². The van der Waals surface area contributed by atoms with Crippen LogP contribution in [0.3, 0.4) is 0 Å². The van der Waals surface area contributed by atoms with Crippen molar-refractivity contribution in [2.24, 2.45) is 0 Å². The number of Topliss-reactive ketones (excluding diaryl/α,β-unsaturated/α-hetero) is 1. The van der Waals surface area contributed by atoms with E-state index in [4.69, 9.17) is 9.47 Å². The Morgan fingerprint density at radius 1 is 1.15 bits per heavy atom. The molecule has 1 amide bonds. The number of hydrogen-bond donors (Lipinski definition) is 2. The van der Waals surface area contributed by atoms with Crippen LogP contribution < -0.4 is 10.1 Å². The van der Waals surface area contributed by atoms with E-state index in [9.17, 15) is 14.7 Å². The largest absolute Gasteiger partial charge is 0.496 e. The number of methoxy groups -OCH3 is 1. The average Bonchev–Trinajstić information content (AvgIpc) is 3.13. The zero-order valence-corrected chi connectivity index (χ0v) is 19.5. The van der Waals surface area contributed by atoms with E-state index in [1.54, 1.807) is 18.2 Å². The lowest BCUT2D eigenvalue weighted by molar-refractivity contribution is -0.00717. The monoisotopic (exact) mass is 464 g/mol. The highest BCUT2D eigenvalue weighted by Gasteiger charge is 2.40. The summed E-state index contributed by atoms with van der Waals surface area (Å²) in [7, 11) is 1.51. The number of amides is 1. The summed E-state index contributed by atoms with van der Waals surface area (Å²) in [5, 5.41) is 14.1. The molecule has 4 atom stereocenters. The van der Waals surface area contributed by atoms with Crippen LogP contribution >= 0.6 is 0 Å². The molecule has 0 aliphatic carbocycles. The first-order valence-corrected chi connectivity index (χ1v) is 12.1. The molecule has 7 heteroatoms. The van der Waals surface area contributed by atoms with Crippen molar-refractivity contribution in [1.82, 2.24) is 10.2 Å². The van der Waals surface area contributed by atoms with Gasteiger partial charge in [-0.15, -0.1) is 0 Å². The number of ketones is 1. The number of fused-ring (bicyclic) bond motifs is 3. The molecule has 5 rings (SSSR count). The molecule has 2 saturated heterocycles. The Labute approximate surface area is 200 Å². The number of morpholine rings is 1. The summed E-state index contributed by atoms with van der Waals surface area (Å²) in [5.74, 6) is 0.264. The smallest absolute Gasteiger partial charge is 0.254 e. The first-order valence-electron chi connectivity index (χ1n) is 12.1. The zero-order valence-electron chi connectivity index (χ0n) is 19.5. The van der Waals surface area contributed by atoms with Crippen LogP contribution in [0, 0.1) is 0 Å². The average molecular weight is 465 g/mol. The number of aliphatic hydroxyl groups excluding tert-OH is 1. The van der Waals surface area contributed by atoms with E-state index in [-0.39, 0.29) is 36.2 Å². The van der Waals surface area contributed by atoms with Gasteiger partial charge in [-0.05, 0) is 55.0 Å². The molecule has 7 nitrogen and oxygen atoms in total. The number of hydrogen-bond acceptors (Lipinski definition) is 6. The number of rotatable bonds is 7. The molecule has 3 aliphatic rings. The highest BCUT2D eigenvalue weighted by atomic mass is 16.5. The fourth-order valence-electron chi connectivity index (χ4n) is 5.53. The van der Waals surface area contributed by atoms with E-state index in [0.29, 0.717) is 36.5 Å². The third-order valence-corrected chi connectivity index (χ3v) is 7.47. The van der Waals surface area contributed by atoms with Crippen molar-refractivity contribution in [2.75, 3.05) is 20.3 Å². The molecule has 2 unspecified atom stereocenters. The molecule has 2 N–H and O–H groups in total. The molecule has 3 aliphatic heterocycles. The van der Waals surface area contributed by atoms with E-state index in [2.05, 4.69) is 17.4 Å². The Balaban J connectivity index is 1.22. The summed E-state index contributed by atoms with van der Waals surface area (Å²) in [4.78, 5) is 28.1. The van der Waals surface area contributed by atoms with Gasteiger partial charge >= 0.3 is 0 Å². The first-order chi connectivity index (χ1) is 16.5. The number of aliphatic hydroxyl groups is 1. The lowest BCUT2D eigenvalue weighted by Gasteiger charge is -2.34. The van der Waals surface area contributed by atoms with Gasteiger partial charge in [0.15, 0.2) is 5.78 Å². The van der Waals surface area contributed by atoms with Crippen LogP contribution in [0.1, 0.15) is 57.5 Å². The minimum absolute atomic E-state index is 0.0350. The van der Waals surface area contributed by atoms with Crippen LogP contribution in [0.5, 0.6) is 5.75 Å². The fourth-order valence-corrected chi connectivity index (χ4v) is 5.53. The van der Waals surface area contributed by atoms with Crippen molar-refractivity contribution in [1.29, 1.82) is 0 Å². The second-order valence-electron chi connectivity index (χ2n) is 9.54. The van der Waals surface area contributed by atoms with Gasteiger partial charge in [-0.1, -0.05) is 24.3 Å². The van der Waals surface area contributed by atoms with E-state index >= 15 is 0 Å². The van der Waals surface area contributed by atoms with Gasteiger partial charge in [0.1, 0.15) is 5.75 Å². The predicted octanol–water partition coefficient (Wildman–Crippen LogP) is 2.74. The molecule has 0 aromatic heterocycles. The first kappa shape index (κ1) is 23.0. The Bertz CT molecular complexity index is 1050. The van der Waals surface area contributed by atoms with E-state index < -0.39 is 6.10 Å². The number of nitrogens with zero attached hydrogens (tertiary/aromatic N) is 1. The molecule has 0 spiro atoms. The molecular weight excluding hydrogens is 432 g/mol. The standard InChI is InChI=1S/C27H32N2O5/c1-33-26-13-18(27(32)29-20-7-8-21(29)16-34-15-20)6-9-22(26)24(30)10-11-25(31)23-12-17-4-2-3-5-19(17)14-28-23/h2-6,9,13,20-21,23,25,28,31H,7-8,10-12,14-16H2,1H3/t20?,21?,23-,25+/m0/s1. The maximum absolute atomic E-state index is 13.2. The second-order valence-corrected chi connectivity index (χ2v) is 9.54. The third-order valence-electron chi connectivity index (χ3n) is 7.47. The number of carbonyl (C=O) groups is 2. The second kappa shape index (κ2) is 9.86. The van der Waals surface area contributed by atoms with Crippen molar-refractivity contribution in [3.8, 4) is 5.75 Å². The quantitative estimate of drug-likeness (QED) is 0.613. The molecule has 0 saturated carbocycles. The van der Waals surface area contributed by atoms with Crippen LogP contribution in [-0.4, -0.2) is 66.2 Å². The van der Waals surface area contributed by atoms with Gasteiger partial charge in [0.25, 0.3) is 5.91 Å². The molecule has 0 radical (unpaired) electrons. The Hall–Kier alpha value is -2.74. The van der Waals surface area contributed by atoms with Crippen LogP contribution in [0.2, 0.25) is 0 Å². The lowest BCUT2D eigenvalue weighted by atomic mass is 9.90. The molecule has 34 heavy (non-hydrogen) atoms. The normalized spacial score (nSPS) is 24.4. The summed E-state index contributed by atoms with van der Waals surface area (Å²) in [6.07, 6.45) is 2.62. The summed E-state index contributed by atoms with van der Waals surface area (Å²) >= 11 is 0. The highest BCUT2D eigenvalue weighted by molar-refractivity contribution is 6.01. The summed E-state index contributed by atoms with van der Waals surface area (Å²) in [5.41, 5.74) is 3.47. The van der Waals surface area contributed by atoms with Gasteiger partial charge in [-0.25, -0.2) is 0 Å². The van der Waals surface area contributed by atoms with Crippen molar-refractivity contribution in [2.45, 2.75) is 62.9 Å².